The van der Waals surface area contributed by atoms with Gasteiger partial charge < -0.3 is 14.3 Å². The highest BCUT2D eigenvalue weighted by Crippen LogP contribution is 2.19. The van der Waals surface area contributed by atoms with Crippen molar-refractivity contribution in [2.24, 2.45) is 0 Å². The van der Waals surface area contributed by atoms with E-state index in [-0.39, 0.29) is 0 Å². The van der Waals surface area contributed by atoms with Gasteiger partial charge in [-0.05, 0) is 24.3 Å². The Balaban J connectivity index is 2.07. The van der Waals surface area contributed by atoms with Gasteiger partial charge in [-0.15, -0.1) is 0 Å². The maximum atomic E-state index is 5.28. The molecule has 0 amide bonds. The molecular weight excluding hydrogens is 177 g/mol. The van der Waals surface area contributed by atoms with Crippen molar-refractivity contribution in [1.82, 2.24) is 0 Å². The molecule has 1 saturated heterocycles. The third-order valence-electron chi connectivity index (χ3n) is 2.35. The van der Waals surface area contributed by atoms with Crippen LogP contribution in [0.1, 0.15) is 0 Å². The van der Waals surface area contributed by atoms with Crippen LogP contribution < -0.4 is 9.55 Å². The number of nitrogens with zero attached hydrogens (tertiary/aromatic N) is 1. The molecule has 4 heteroatoms. The molecule has 0 spiro atoms. The average molecular weight is 189 g/mol. The Morgan fingerprint density at radius 1 is 1.14 bits per heavy atom. The summed E-state index contributed by atoms with van der Waals surface area (Å²) < 4.78 is 9.89. The Morgan fingerprint density at radius 2 is 1.79 bits per heavy atom. The number of morpholine rings is 1. The summed E-state index contributed by atoms with van der Waals surface area (Å²) in [6, 6.07) is 7.75. The normalized spacial score (nSPS) is 16.7. The van der Waals surface area contributed by atoms with Crippen molar-refractivity contribution in [2.45, 2.75) is 0 Å². The molecule has 1 aromatic carbocycles. The fourth-order valence-corrected chi connectivity index (χ4v) is 1.56. The molecule has 72 valence electrons. The first-order valence-electron chi connectivity index (χ1n) is 4.69. The van der Waals surface area contributed by atoms with Crippen molar-refractivity contribution in [3.05, 3.63) is 24.3 Å². The van der Waals surface area contributed by atoms with Crippen molar-refractivity contribution in [3.8, 4) is 5.75 Å². The zero-order valence-corrected chi connectivity index (χ0v) is 7.98. The van der Waals surface area contributed by atoms with Crippen LogP contribution in [-0.4, -0.2) is 34.4 Å². The molecule has 1 fully saturated rings. The summed E-state index contributed by atoms with van der Waals surface area (Å²) in [5, 5.41) is 0. The molecule has 1 heterocycles. The van der Waals surface area contributed by atoms with Crippen LogP contribution in [-0.2, 0) is 4.74 Å². The molecule has 0 saturated carbocycles. The lowest BCUT2D eigenvalue weighted by Crippen LogP contribution is -2.36. The lowest BCUT2D eigenvalue weighted by molar-refractivity contribution is 0.122. The Bertz CT molecular complexity index is 283. The minimum atomic E-state index is 0.682. The maximum absolute atomic E-state index is 5.28. The predicted octanol–water partition coefficient (Wildman–Crippen LogP) is 0.985. The lowest BCUT2D eigenvalue weighted by atomic mass is 10.2. The smallest absolute Gasteiger partial charge is 0.374 e. The molecule has 0 unspecified atom stereocenters. The Labute approximate surface area is 85.1 Å². The van der Waals surface area contributed by atoms with E-state index in [0.29, 0.717) is 5.75 Å². The van der Waals surface area contributed by atoms with Crippen molar-refractivity contribution < 1.29 is 9.39 Å². The van der Waals surface area contributed by atoms with Crippen LogP contribution in [0.25, 0.3) is 0 Å². The molecule has 0 aromatic heterocycles. The first-order valence-corrected chi connectivity index (χ1v) is 4.69. The zero-order chi connectivity index (χ0) is 9.80. The van der Waals surface area contributed by atoms with E-state index in [9.17, 15) is 0 Å². The zero-order valence-electron chi connectivity index (χ0n) is 7.98. The van der Waals surface area contributed by atoms with Gasteiger partial charge in [0.1, 0.15) is 0 Å². The highest BCUT2D eigenvalue weighted by Gasteiger charge is 2.10. The number of anilines is 1. The SMILES string of the molecule is [B]Oc1ccc(N2CCOCC2)cc1. The summed E-state index contributed by atoms with van der Waals surface area (Å²) in [5.74, 6) is 0.682. The third-order valence-corrected chi connectivity index (χ3v) is 2.35. The predicted molar refractivity (Wildman–Crippen MR) is 55.9 cm³/mol. The quantitative estimate of drug-likeness (QED) is 0.647. The van der Waals surface area contributed by atoms with Gasteiger partial charge >= 0.3 is 8.05 Å². The third kappa shape index (κ3) is 2.01. The molecule has 0 atom stereocenters. The second-order valence-electron chi connectivity index (χ2n) is 3.21. The van der Waals surface area contributed by atoms with E-state index in [1.807, 2.05) is 24.3 Å². The summed E-state index contributed by atoms with van der Waals surface area (Å²) in [5.41, 5.74) is 1.19. The Morgan fingerprint density at radius 3 is 2.36 bits per heavy atom. The van der Waals surface area contributed by atoms with E-state index in [4.69, 9.17) is 12.8 Å². The topological polar surface area (TPSA) is 21.7 Å². The molecule has 3 nitrogen and oxygen atoms in total. The summed E-state index contributed by atoms with van der Waals surface area (Å²) in [6.45, 7) is 3.50. The van der Waals surface area contributed by atoms with Gasteiger partial charge in [0.15, 0.2) is 0 Å². The monoisotopic (exact) mass is 189 g/mol. The summed E-state index contributed by atoms with van der Waals surface area (Å²) >= 11 is 0. The van der Waals surface area contributed by atoms with Gasteiger partial charge in [-0.25, -0.2) is 0 Å². The van der Waals surface area contributed by atoms with Crippen LogP contribution in [0.2, 0.25) is 0 Å². The van der Waals surface area contributed by atoms with Crippen LogP contribution in [0.4, 0.5) is 5.69 Å². The van der Waals surface area contributed by atoms with E-state index in [2.05, 4.69) is 9.55 Å². The molecule has 1 aliphatic rings. The van der Waals surface area contributed by atoms with Gasteiger partial charge in [-0.2, -0.15) is 0 Å². The van der Waals surface area contributed by atoms with E-state index >= 15 is 0 Å². The minimum absolute atomic E-state index is 0.682. The Hall–Kier alpha value is -1.16. The van der Waals surface area contributed by atoms with Gasteiger partial charge in [-0.1, -0.05) is 0 Å². The molecule has 0 aliphatic carbocycles. The molecule has 1 aromatic rings. The number of rotatable bonds is 2. The van der Waals surface area contributed by atoms with Crippen LogP contribution in [0.15, 0.2) is 24.3 Å². The highest BCUT2D eigenvalue weighted by molar-refractivity contribution is 5.99. The van der Waals surface area contributed by atoms with Gasteiger partial charge in [-0.3, -0.25) is 0 Å². The second kappa shape index (κ2) is 4.37. The molecule has 0 bridgehead atoms. The number of hydrogen-bond donors (Lipinski definition) is 0. The van der Waals surface area contributed by atoms with Crippen molar-refractivity contribution in [3.63, 3.8) is 0 Å². The fraction of sp³-hybridized carbons (Fsp3) is 0.400. The molecular formula is C10H12BNO2. The molecule has 0 N–H and O–H groups in total. The second-order valence-corrected chi connectivity index (χ2v) is 3.21. The lowest BCUT2D eigenvalue weighted by Gasteiger charge is -2.28. The summed E-state index contributed by atoms with van der Waals surface area (Å²) in [6.07, 6.45) is 0. The van der Waals surface area contributed by atoms with Crippen LogP contribution in [0, 0.1) is 0 Å². The van der Waals surface area contributed by atoms with E-state index in [1.54, 1.807) is 0 Å². The first kappa shape index (κ1) is 9.40. The van der Waals surface area contributed by atoms with Gasteiger partial charge in [0.25, 0.3) is 0 Å². The molecule has 2 rings (SSSR count). The largest absolute Gasteiger partial charge is 0.568 e. The van der Waals surface area contributed by atoms with Crippen LogP contribution in [0.3, 0.4) is 0 Å². The van der Waals surface area contributed by atoms with Crippen molar-refractivity contribution in [1.29, 1.82) is 0 Å². The van der Waals surface area contributed by atoms with E-state index < -0.39 is 0 Å². The van der Waals surface area contributed by atoms with E-state index in [1.165, 1.54) is 5.69 Å². The van der Waals surface area contributed by atoms with Gasteiger partial charge in [0, 0.05) is 18.8 Å². The fourth-order valence-electron chi connectivity index (χ4n) is 1.56. The van der Waals surface area contributed by atoms with E-state index in [0.717, 1.165) is 26.3 Å². The van der Waals surface area contributed by atoms with Gasteiger partial charge in [0.2, 0.25) is 0 Å². The first-order chi connectivity index (χ1) is 6.90. The molecule has 14 heavy (non-hydrogen) atoms. The van der Waals surface area contributed by atoms with Crippen LogP contribution in [0.5, 0.6) is 5.75 Å². The van der Waals surface area contributed by atoms with Crippen molar-refractivity contribution in [2.75, 3.05) is 31.2 Å². The van der Waals surface area contributed by atoms with Crippen molar-refractivity contribution >= 4 is 13.7 Å². The summed E-state index contributed by atoms with van der Waals surface area (Å²) in [7, 11) is 5.04. The highest BCUT2D eigenvalue weighted by atomic mass is 16.5. The Kier molecular flexibility index (Phi) is 2.94. The molecule has 1 aliphatic heterocycles. The standard InChI is InChI=1S/C10H12BNO2/c11-14-10-3-1-9(2-4-10)12-5-7-13-8-6-12/h1-4H,5-8H2. The maximum Gasteiger partial charge on any atom is 0.374 e. The number of benzene rings is 1. The summed E-state index contributed by atoms with van der Waals surface area (Å²) in [4.78, 5) is 2.28. The minimum Gasteiger partial charge on any atom is -0.568 e. The number of ether oxygens (including phenoxy) is 1. The molecule has 2 radical (unpaired) electrons. The average Bonchev–Trinajstić information content (AvgIpc) is 2.30. The van der Waals surface area contributed by atoms with Crippen LogP contribution >= 0.6 is 0 Å². The van der Waals surface area contributed by atoms with Gasteiger partial charge in [0.05, 0.1) is 19.0 Å². The number of hydrogen-bond acceptors (Lipinski definition) is 3.